The van der Waals surface area contributed by atoms with Crippen LogP contribution in [-0.4, -0.2) is 35.1 Å². The van der Waals surface area contributed by atoms with Gasteiger partial charge in [-0.15, -0.1) is 0 Å². The fourth-order valence-electron chi connectivity index (χ4n) is 3.15. The highest BCUT2D eigenvalue weighted by atomic mass is 16.4. The molecule has 0 fully saturated rings. The molecule has 0 spiro atoms. The number of hydrogen-bond acceptors (Lipinski definition) is 2. The van der Waals surface area contributed by atoms with Crippen molar-refractivity contribution >= 4 is 12.0 Å². The van der Waals surface area contributed by atoms with Crippen LogP contribution in [0.1, 0.15) is 42.9 Å². The maximum atomic E-state index is 12.0. The molecule has 1 atom stereocenters. The van der Waals surface area contributed by atoms with Crippen molar-refractivity contribution in [1.29, 1.82) is 0 Å². The fraction of sp³-hybridized carbons (Fsp3) is 0.375. The second-order valence-electron chi connectivity index (χ2n) is 7.06. The lowest BCUT2D eigenvalue weighted by atomic mass is 10.0. The number of benzene rings is 2. The zero-order valence-corrected chi connectivity index (χ0v) is 16.5. The van der Waals surface area contributed by atoms with Crippen molar-refractivity contribution in [1.82, 2.24) is 4.90 Å². The Bertz CT molecular complexity index is 707. The number of nitrogens with zero attached hydrogens (tertiary/aromatic N) is 1. The second-order valence-corrected chi connectivity index (χ2v) is 7.06. The van der Waals surface area contributed by atoms with E-state index in [4.69, 9.17) is 0 Å². The summed E-state index contributed by atoms with van der Waals surface area (Å²) in [6.45, 7) is 5.68. The lowest BCUT2D eigenvalue weighted by Crippen LogP contribution is -2.43. The Hall–Kier alpha value is -2.39. The van der Waals surface area contributed by atoms with Crippen LogP contribution in [0.3, 0.4) is 0 Å². The molecule has 144 valence electrons. The zero-order valence-electron chi connectivity index (χ0n) is 16.5. The van der Waals surface area contributed by atoms with Crippen LogP contribution in [0, 0.1) is 6.92 Å². The van der Waals surface area contributed by atoms with Crippen molar-refractivity contribution in [2.45, 2.75) is 45.6 Å². The summed E-state index contributed by atoms with van der Waals surface area (Å²) in [5.41, 5.74) is 3.44. The molecule has 0 saturated carbocycles. The summed E-state index contributed by atoms with van der Waals surface area (Å²) in [6.07, 6.45) is 7.96. The lowest BCUT2D eigenvalue weighted by Gasteiger charge is -2.28. The van der Waals surface area contributed by atoms with E-state index in [1.54, 1.807) is 0 Å². The minimum absolute atomic E-state index is 0.507. The largest absolute Gasteiger partial charge is 0.480 e. The number of carboxylic acids is 1. The SMILES string of the molecule is CCCCCN(CC=Cc1ccc(C)cc1)[C@@H](Cc1ccccc1)C(=O)O. The zero-order chi connectivity index (χ0) is 19.5. The summed E-state index contributed by atoms with van der Waals surface area (Å²) in [4.78, 5) is 14.1. The van der Waals surface area contributed by atoms with E-state index in [-0.39, 0.29) is 0 Å². The number of unbranched alkanes of at least 4 members (excludes halogenated alkanes) is 2. The molecule has 2 aromatic rings. The smallest absolute Gasteiger partial charge is 0.321 e. The van der Waals surface area contributed by atoms with Crippen LogP contribution in [0.5, 0.6) is 0 Å². The van der Waals surface area contributed by atoms with Crippen molar-refractivity contribution in [3.63, 3.8) is 0 Å². The van der Waals surface area contributed by atoms with Gasteiger partial charge in [-0.3, -0.25) is 9.69 Å². The maximum Gasteiger partial charge on any atom is 0.321 e. The minimum atomic E-state index is -0.751. The summed E-state index contributed by atoms with van der Waals surface area (Å²) in [5, 5.41) is 9.84. The topological polar surface area (TPSA) is 40.5 Å². The fourth-order valence-corrected chi connectivity index (χ4v) is 3.15. The number of aliphatic carboxylic acids is 1. The first-order valence-electron chi connectivity index (χ1n) is 9.84. The summed E-state index contributed by atoms with van der Waals surface area (Å²) in [7, 11) is 0. The second kappa shape index (κ2) is 11.3. The van der Waals surface area contributed by atoms with Crippen LogP contribution in [0.2, 0.25) is 0 Å². The van der Waals surface area contributed by atoms with E-state index in [1.807, 2.05) is 30.3 Å². The third-order valence-corrected chi connectivity index (χ3v) is 4.77. The Morgan fingerprint density at radius 2 is 1.78 bits per heavy atom. The lowest BCUT2D eigenvalue weighted by molar-refractivity contribution is -0.143. The van der Waals surface area contributed by atoms with Gasteiger partial charge in [0.2, 0.25) is 0 Å². The molecule has 0 unspecified atom stereocenters. The normalized spacial score (nSPS) is 12.6. The molecule has 3 nitrogen and oxygen atoms in total. The van der Waals surface area contributed by atoms with E-state index in [0.717, 1.165) is 36.9 Å². The molecular formula is C24H31NO2. The van der Waals surface area contributed by atoms with Gasteiger partial charge in [0.05, 0.1) is 0 Å². The molecule has 0 bridgehead atoms. The van der Waals surface area contributed by atoms with Crippen molar-refractivity contribution in [2.24, 2.45) is 0 Å². The summed E-state index contributed by atoms with van der Waals surface area (Å²) >= 11 is 0. The van der Waals surface area contributed by atoms with Crippen molar-refractivity contribution in [2.75, 3.05) is 13.1 Å². The molecule has 0 aliphatic carbocycles. The Labute approximate surface area is 163 Å². The van der Waals surface area contributed by atoms with Gasteiger partial charge >= 0.3 is 5.97 Å². The quantitative estimate of drug-likeness (QED) is 0.557. The third kappa shape index (κ3) is 7.40. The highest BCUT2D eigenvalue weighted by Gasteiger charge is 2.24. The van der Waals surface area contributed by atoms with Crippen molar-refractivity contribution < 1.29 is 9.90 Å². The Balaban J connectivity index is 2.09. The first-order chi connectivity index (χ1) is 13.1. The van der Waals surface area contributed by atoms with Crippen LogP contribution in [-0.2, 0) is 11.2 Å². The van der Waals surface area contributed by atoms with Gasteiger partial charge in [0, 0.05) is 6.54 Å². The summed E-state index contributed by atoms with van der Waals surface area (Å²) < 4.78 is 0. The van der Waals surface area contributed by atoms with Crippen molar-refractivity contribution in [3.05, 3.63) is 77.4 Å². The van der Waals surface area contributed by atoms with Crippen LogP contribution in [0.15, 0.2) is 60.7 Å². The van der Waals surface area contributed by atoms with E-state index in [0.29, 0.717) is 13.0 Å². The van der Waals surface area contributed by atoms with Gasteiger partial charge in [0.15, 0.2) is 0 Å². The molecule has 3 heteroatoms. The predicted octanol–water partition coefficient (Wildman–Crippen LogP) is 5.20. The van der Waals surface area contributed by atoms with E-state index < -0.39 is 12.0 Å². The molecule has 0 aromatic heterocycles. The van der Waals surface area contributed by atoms with Gasteiger partial charge in [0.1, 0.15) is 6.04 Å². The van der Waals surface area contributed by atoms with E-state index in [1.165, 1.54) is 5.56 Å². The number of carboxylic acid groups (broad SMARTS) is 1. The number of aryl methyl sites for hydroxylation is 1. The maximum absolute atomic E-state index is 12.0. The summed E-state index contributed by atoms with van der Waals surface area (Å²) in [5.74, 6) is -0.751. The molecule has 0 heterocycles. The van der Waals surface area contributed by atoms with Crippen molar-refractivity contribution in [3.8, 4) is 0 Å². The highest BCUT2D eigenvalue weighted by molar-refractivity contribution is 5.74. The molecule has 0 saturated heterocycles. The molecule has 1 N–H and O–H groups in total. The average Bonchev–Trinajstić information content (AvgIpc) is 2.67. The molecule has 2 aromatic carbocycles. The Kier molecular flexibility index (Phi) is 8.79. The number of hydrogen-bond donors (Lipinski definition) is 1. The van der Waals surface area contributed by atoms with E-state index in [2.05, 4.69) is 55.2 Å². The van der Waals surface area contributed by atoms with Crippen LogP contribution >= 0.6 is 0 Å². The standard InChI is InChI=1S/C24H31NO2/c1-3-4-8-17-25(18-9-12-21-15-13-20(2)14-16-21)23(24(26)27)19-22-10-6-5-7-11-22/h5-7,9-16,23H,3-4,8,17-19H2,1-2H3,(H,26,27)/t23-/m0/s1. The molecule has 0 radical (unpaired) electrons. The average molecular weight is 366 g/mol. The highest BCUT2D eigenvalue weighted by Crippen LogP contribution is 2.13. The molecule has 0 aliphatic rings. The molecule has 0 amide bonds. The van der Waals surface area contributed by atoms with Gasteiger partial charge in [-0.25, -0.2) is 0 Å². The Morgan fingerprint density at radius 1 is 1.07 bits per heavy atom. The van der Waals surface area contributed by atoms with Gasteiger partial charge in [0.25, 0.3) is 0 Å². The Morgan fingerprint density at radius 3 is 2.41 bits per heavy atom. The van der Waals surface area contributed by atoms with Gasteiger partial charge in [-0.05, 0) is 37.4 Å². The third-order valence-electron chi connectivity index (χ3n) is 4.77. The number of carbonyl (C=O) groups is 1. The molecule has 27 heavy (non-hydrogen) atoms. The minimum Gasteiger partial charge on any atom is -0.480 e. The monoisotopic (exact) mass is 365 g/mol. The number of rotatable bonds is 11. The van der Waals surface area contributed by atoms with E-state index >= 15 is 0 Å². The molecule has 0 aliphatic heterocycles. The van der Waals surface area contributed by atoms with Gasteiger partial charge in [-0.1, -0.05) is 92.1 Å². The first kappa shape index (κ1) is 20.9. The van der Waals surface area contributed by atoms with E-state index in [9.17, 15) is 9.90 Å². The molecule has 2 rings (SSSR count). The predicted molar refractivity (Wildman–Crippen MR) is 113 cm³/mol. The summed E-state index contributed by atoms with van der Waals surface area (Å²) in [6, 6.07) is 17.7. The van der Waals surface area contributed by atoms with Crippen LogP contribution < -0.4 is 0 Å². The van der Waals surface area contributed by atoms with Gasteiger partial charge in [-0.2, -0.15) is 0 Å². The van der Waals surface area contributed by atoms with Crippen LogP contribution in [0.4, 0.5) is 0 Å². The molecular weight excluding hydrogens is 334 g/mol. The first-order valence-corrected chi connectivity index (χ1v) is 9.84. The van der Waals surface area contributed by atoms with Gasteiger partial charge < -0.3 is 5.11 Å². The van der Waals surface area contributed by atoms with Crippen LogP contribution in [0.25, 0.3) is 6.08 Å².